The van der Waals surface area contributed by atoms with Crippen LogP contribution in [0.15, 0.2) is 124 Å². The first-order chi connectivity index (χ1) is 24.8. The standard InChI is InChI=1S/C37H28N6O8/c1-49-37(48)27-12-13-31-28(19-27)41-35(51-31)33(46)29(18-24-8-4-2-5-9-24)40-32(45)21-42-34(26-14-16-38-17-15-26)39-20-30(36(42)47)43(23-44)50-22-25-10-6-3-7-11-25/h2-20,23H,21-22H2,1H3,(H,40,45). The Labute approximate surface area is 289 Å². The molecule has 0 saturated carbocycles. The van der Waals surface area contributed by atoms with Gasteiger partial charge in [-0.15, -0.1) is 0 Å². The molecule has 3 aromatic carbocycles. The number of nitrogens with one attached hydrogen (secondary N) is 1. The molecule has 6 rings (SSSR count). The van der Waals surface area contributed by atoms with Gasteiger partial charge in [0.05, 0.1) is 24.6 Å². The van der Waals surface area contributed by atoms with Crippen LogP contribution in [-0.4, -0.2) is 50.7 Å². The number of esters is 1. The van der Waals surface area contributed by atoms with Crippen molar-refractivity contribution in [2.75, 3.05) is 12.2 Å². The number of carbonyl (C=O) groups is 4. The smallest absolute Gasteiger partial charge is 0.337 e. The van der Waals surface area contributed by atoms with Crippen molar-refractivity contribution in [3.63, 3.8) is 0 Å². The second-order valence-electron chi connectivity index (χ2n) is 10.8. The van der Waals surface area contributed by atoms with Crippen LogP contribution in [0.5, 0.6) is 0 Å². The van der Waals surface area contributed by atoms with Crippen molar-refractivity contribution < 1.29 is 33.2 Å². The minimum Gasteiger partial charge on any atom is -0.465 e. The number of hydrogen-bond donors (Lipinski definition) is 1. The number of Topliss-reactive ketones (excluding diaryl/α,β-unsaturated/α-hetero) is 1. The highest BCUT2D eigenvalue weighted by molar-refractivity contribution is 6.11. The molecule has 3 heterocycles. The van der Waals surface area contributed by atoms with Crippen molar-refractivity contribution in [1.29, 1.82) is 0 Å². The maximum atomic E-state index is 13.9. The average molecular weight is 685 g/mol. The summed E-state index contributed by atoms with van der Waals surface area (Å²) in [6.07, 6.45) is 5.92. The third kappa shape index (κ3) is 7.82. The molecule has 0 atom stereocenters. The van der Waals surface area contributed by atoms with Crippen LogP contribution in [0.4, 0.5) is 5.69 Å². The van der Waals surface area contributed by atoms with Crippen LogP contribution >= 0.6 is 0 Å². The highest BCUT2D eigenvalue weighted by atomic mass is 16.7. The number of hydroxylamine groups is 1. The summed E-state index contributed by atoms with van der Waals surface area (Å²) in [5.74, 6) is -2.42. The molecule has 0 spiro atoms. The van der Waals surface area contributed by atoms with Crippen molar-refractivity contribution in [1.82, 2.24) is 24.8 Å². The van der Waals surface area contributed by atoms with Gasteiger partial charge in [0.15, 0.2) is 11.3 Å². The van der Waals surface area contributed by atoms with E-state index in [1.807, 2.05) is 6.07 Å². The quantitative estimate of drug-likeness (QED) is 0.0601. The molecule has 6 aromatic rings. The molecule has 0 radical (unpaired) electrons. The van der Waals surface area contributed by atoms with E-state index in [0.29, 0.717) is 17.5 Å². The Morgan fingerprint density at radius 1 is 0.961 bits per heavy atom. The van der Waals surface area contributed by atoms with E-state index < -0.39 is 29.8 Å². The molecule has 2 amide bonds. The molecule has 254 valence electrons. The first-order valence-electron chi connectivity index (χ1n) is 15.4. The predicted octanol–water partition coefficient (Wildman–Crippen LogP) is 4.37. The zero-order valence-corrected chi connectivity index (χ0v) is 27.0. The van der Waals surface area contributed by atoms with Gasteiger partial charge in [-0.1, -0.05) is 60.7 Å². The van der Waals surface area contributed by atoms with Gasteiger partial charge in [-0.05, 0) is 47.5 Å². The van der Waals surface area contributed by atoms with Crippen molar-refractivity contribution in [2.24, 2.45) is 0 Å². The largest absolute Gasteiger partial charge is 0.465 e. The number of ketones is 1. The van der Waals surface area contributed by atoms with E-state index in [4.69, 9.17) is 14.0 Å². The minimum absolute atomic E-state index is 0.0266. The van der Waals surface area contributed by atoms with Crippen molar-refractivity contribution in [2.45, 2.75) is 13.2 Å². The summed E-state index contributed by atoms with van der Waals surface area (Å²) in [5.41, 5.74) is 1.19. The number of aromatic nitrogens is 4. The summed E-state index contributed by atoms with van der Waals surface area (Å²) >= 11 is 0. The highest BCUT2D eigenvalue weighted by Gasteiger charge is 2.24. The first kappa shape index (κ1) is 33.8. The van der Waals surface area contributed by atoms with Crippen molar-refractivity contribution in [3.8, 4) is 11.4 Å². The van der Waals surface area contributed by atoms with Crippen LogP contribution in [0.2, 0.25) is 0 Å². The molecule has 51 heavy (non-hydrogen) atoms. The van der Waals surface area contributed by atoms with E-state index in [0.717, 1.165) is 15.2 Å². The second-order valence-corrected chi connectivity index (χ2v) is 10.8. The van der Waals surface area contributed by atoms with E-state index >= 15 is 0 Å². The molecule has 0 aliphatic heterocycles. The molecule has 0 fully saturated rings. The molecule has 14 nitrogen and oxygen atoms in total. The third-order valence-corrected chi connectivity index (χ3v) is 7.45. The summed E-state index contributed by atoms with van der Waals surface area (Å²) in [6, 6.07) is 25.3. The molecule has 1 N–H and O–H groups in total. The number of allylic oxidation sites excluding steroid dienone is 1. The monoisotopic (exact) mass is 684 g/mol. The first-order valence-corrected chi connectivity index (χ1v) is 15.4. The van der Waals surface area contributed by atoms with Gasteiger partial charge in [-0.25, -0.2) is 14.8 Å². The Morgan fingerprint density at radius 2 is 1.69 bits per heavy atom. The number of carbonyl (C=O) groups excluding carboxylic acids is 4. The van der Waals surface area contributed by atoms with Crippen molar-refractivity contribution in [3.05, 3.63) is 148 Å². The zero-order valence-electron chi connectivity index (χ0n) is 27.0. The average Bonchev–Trinajstić information content (AvgIpc) is 3.60. The third-order valence-electron chi connectivity index (χ3n) is 7.45. The Kier molecular flexibility index (Phi) is 10.2. The number of pyridine rings is 1. The van der Waals surface area contributed by atoms with Gasteiger partial charge in [-0.3, -0.25) is 33.6 Å². The molecule has 3 aromatic heterocycles. The molecule has 0 aliphatic rings. The molecular weight excluding hydrogens is 656 g/mol. The number of ether oxygens (including phenoxy) is 1. The fraction of sp³-hybridized carbons (Fsp3) is 0.0811. The van der Waals surface area contributed by atoms with Crippen LogP contribution < -0.4 is 15.9 Å². The highest BCUT2D eigenvalue weighted by Crippen LogP contribution is 2.21. The fourth-order valence-corrected chi connectivity index (χ4v) is 4.98. The molecule has 0 saturated heterocycles. The molecule has 14 heteroatoms. The lowest BCUT2D eigenvalue weighted by Crippen LogP contribution is -2.37. The molecule has 0 bridgehead atoms. The van der Waals surface area contributed by atoms with Gasteiger partial charge in [-0.2, -0.15) is 5.06 Å². The number of methoxy groups -OCH3 is 1. The van der Waals surface area contributed by atoms with Gasteiger partial charge < -0.3 is 14.5 Å². The van der Waals surface area contributed by atoms with Gasteiger partial charge in [0.1, 0.15) is 24.5 Å². The van der Waals surface area contributed by atoms with Crippen LogP contribution in [0.3, 0.4) is 0 Å². The number of hydrogen-bond acceptors (Lipinski definition) is 11. The summed E-state index contributed by atoms with van der Waals surface area (Å²) in [4.78, 5) is 83.9. The molecule has 0 aliphatic carbocycles. The van der Waals surface area contributed by atoms with E-state index in [2.05, 4.69) is 20.3 Å². The maximum absolute atomic E-state index is 13.9. The minimum atomic E-state index is -0.783. The van der Waals surface area contributed by atoms with Gasteiger partial charge >= 0.3 is 5.97 Å². The van der Waals surface area contributed by atoms with Crippen LogP contribution in [-0.2, 0) is 32.3 Å². The van der Waals surface area contributed by atoms with E-state index in [9.17, 15) is 24.0 Å². The number of anilines is 1. The summed E-state index contributed by atoms with van der Waals surface area (Å²) in [5, 5.41) is 3.34. The summed E-state index contributed by atoms with van der Waals surface area (Å²) in [7, 11) is 1.24. The summed E-state index contributed by atoms with van der Waals surface area (Å²) < 4.78 is 11.5. The number of oxazole rings is 1. The van der Waals surface area contributed by atoms with Gasteiger partial charge in [0, 0.05) is 18.0 Å². The van der Waals surface area contributed by atoms with Crippen LogP contribution in [0.1, 0.15) is 32.2 Å². The lowest BCUT2D eigenvalue weighted by molar-refractivity contribution is -0.121. The fourth-order valence-electron chi connectivity index (χ4n) is 4.98. The zero-order chi connectivity index (χ0) is 35.7. The Hall–Kier alpha value is -7.06. The number of benzene rings is 3. The van der Waals surface area contributed by atoms with E-state index in [1.165, 1.54) is 50.0 Å². The van der Waals surface area contributed by atoms with E-state index in [1.54, 1.807) is 66.7 Å². The van der Waals surface area contributed by atoms with E-state index in [-0.39, 0.29) is 46.4 Å². The SMILES string of the molecule is COC(=O)c1ccc2oc(C(=O)C(=Cc3ccccc3)NC(=O)Cn3c(-c4ccncc4)ncc(N(C=O)OCc4ccccc4)c3=O)nc2c1. The normalized spacial score (nSPS) is 11.2. The van der Waals surface area contributed by atoms with Crippen LogP contribution in [0.25, 0.3) is 28.6 Å². The second kappa shape index (κ2) is 15.4. The number of amides is 2. The predicted molar refractivity (Wildman–Crippen MR) is 184 cm³/mol. The lowest BCUT2D eigenvalue weighted by Gasteiger charge is -2.19. The lowest BCUT2D eigenvalue weighted by atomic mass is 10.1. The number of fused-ring (bicyclic) bond motifs is 1. The Bertz CT molecular complexity index is 2300. The summed E-state index contributed by atoms with van der Waals surface area (Å²) in [6.45, 7) is -0.653. The Morgan fingerprint density at radius 3 is 2.39 bits per heavy atom. The number of rotatable bonds is 13. The van der Waals surface area contributed by atoms with Gasteiger partial charge in [0.2, 0.25) is 12.3 Å². The van der Waals surface area contributed by atoms with Crippen LogP contribution in [0, 0.1) is 0 Å². The number of nitrogens with zero attached hydrogens (tertiary/aromatic N) is 5. The topological polar surface area (TPSA) is 176 Å². The van der Waals surface area contributed by atoms with Crippen molar-refractivity contribution >= 4 is 46.9 Å². The molecule has 0 unspecified atom stereocenters. The Balaban J connectivity index is 1.33. The molecular formula is C37H28N6O8. The van der Waals surface area contributed by atoms with Gasteiger partial charge in [0.25, 0.3) is 17.2 Å². The maximum Gasteiger partial charge on any atom is 0.337 e.